The van der Waals surface area contributed by atoms with Crippen LogP contribution >= 0.6 is 23.2 Å². The molecule has 7 heteroatoms. The summed E-state index contributed by atoms with van der Waals surface area (Å²) >= 11 is 11.9. The maximum absolute atomic E-state index is 12.0. The number of nitrogens with one attached hydrogen (secondary N) is 2. The van der Waals surface area contributed by atoms with Gasteiger partial charge in [-0.15, -0.1) is 0 Å². The van der Waals surface area contributed by atoms with Gasteiger partial charge in [0.15, 0.2) is 0 Å². The summed E-state index contributed by atoms with van der Waals surface area (Å²) in [6.45, 7) is 1.03. The molecule has 0 atom stereocenters. The highest BCUT2D eigenvalue weighted by molar-refractivity contribution is 6.36. The molecule has 2 aromatic carbocycles. The van der Waals surface area contributed by atoms with Crippen molar-refractivity contribution < 1.29 is 14.3 Å². The van der Waals surface area contributed by atoms with E-state index >= 15 is 0 Å². The normalized spacial score (nSPS) is 10.3. The van der Waals surface area contributed by atoms with Gasteiger partial charge in [0, 0.05) is 23.9 Å². The number of methoxy groups -OCH3 is 1. The summed E-state index contributed by atoms with van der Waals surface area (Å²) in [5.74, 6) is 0.466. The van der Waals surface area contributed by atoms with Gasteiger partial charge in [-0.1, -0.05) is 29.3 Å². The van der Waals surface area contributed by atoms with Crippen molar-refractivity contribution >= 4 is 40.5 Å². The summed E-state index contributed by atoms with van der Waals surface area (Å²) in [6.07, 6.45) is 0. The number of hydrogen-bond donors (Lipinski definition) is 2. The number of rotatable bonds is 8. The van der Waals surface area contributed by atoms with E-state index in [0.717, 1.165) is 0 Å². The molecular formula is C17H18Cl2N2O3. The fourth-order valence-corrected chi connectivity index (χ4v) is 2.40. The fourth-order valence-electron chi connectivity index (χ4n) is 1.92. The largest absolute Gasteiger partial charge is 0.491 e. The smallest absolute Gasteiger partial charge is 0.243 e. The lowest BCUT2D eigenvalue weighted by atomic mass is 10.3. The van der Waals surface area contributed by atoms with Gasteiger partial charge in [0.2, 0.25) is 5.91 Å². The molecule has 24 heavy (non-hydrogen) atoms. The molecule has 0 aromatic heterocycles. The maximum atomic E-state index is 12.0. The minimum absolute atomic E-state index is 0.0795. The number of benzene rings is 2. The number of ether oxygens (including phenoxy) is 2. The van der Waals surface area contributed by atoms with Crippen LogP contribution in [0, 0.1) is 0 Å². The van der Waals surface area contributed by atoms with E-state index in [1.54, 1.807) is 43.5 Å². The Hall–Kier alpha value is -1.95. The average molecular weight is 369 g/mol. The van der Waals surface area contributed by atoms with Crippen LogP contribution in [-0.4, -0.2) is 32.8 Å². The molecule has 5 nitrogen and oxygen atoms in total. The molecule has 2 N–H and O–H groups in total. The standard InChI is InChI=1S/C17H18Cl2N2O3/c1-23-7-8-24-14-4-2-3-13(10-14)21-17(22)11-20-16-6-5-12(18)9-15(16)19/h2-6,9-10,20H,7-8,11H2,1H3,(H,21,22). The first-order valence-electron chi connectivity index (χ1n) is 7.29. The van der Waals surface area contributed by atoms with Crippen molar-refractivity contribution in [3.63, 3.8) is 0 Å². The van der Waals surface area contributed by atoms with Crippen LogP contribution in [-0.2, 0) is 9.53 Å². The van der Waals surface area contributed by atoms with E-state index in [9.17, 15) is 4.79 Å². The van der Waals surface area contributed by atoms with Gasteiger partial charge in [-0.2, -0.15) is 0 Å². The molecule has 2 aromatic rings. The minimum Gasteiger partial charge on any atom is -0.491 e. The van der Waals surface area contributed by atoms with Crippen LogP contribution in [0.5, 0.6) is 5.75 Å². The van der Waals surface area contributed by atoms with Crippen molar-refractivity contribution in [2.75, 3.05) is 37.5 Å². The number of carbonyl (C=O) groups is 1. The molecule has 0 fully saturated rings. The van der Waals surface area contributed by atoms with Crippen molar-refractivity contribution in [2.24, 2.45) is 0 Å². The molecule has 0 unspecified atom stereocenters. The van der Waals surface area contributed by atoms with Crippen LogP contribution in [0.4, 0.5) is 11.4 Å². The Bertz CT molecular complexity index is 695. The van der Waals surface area contributed by atoms with Gasteiger partial charge in [0.1, 0.15) is 12.4 Å². The second kappa shape index (κ2) is 9.37. The molecule has 0 aliphatic heterocycles. The van der Waals surface area contributed by atoms with Gasteiger partial charge in [-0.05, 0) is 30.3 Å². The predicted octanol–water partition coefficient (Wildman–Crippen LogP) is 4.07. The first-order chi connectivity index (χ1) is 11.6. The van der Waals surface area contributed by atoms with Crippen molar-refractivity contribution in [1.29, 1.82) is 0 Å². The summed E-state index contributed by atoms with van der Waals surface area (Å²) in [7, 11) is 1.61. The highest BCUT2D eigenvalue weighted by Crippen LogP contribution is 2.25. The Morgan fingerprint density at radius 3 is 2.71 bits per heavy atom. The molecule has 0 saturated heterocycles. The van der Waals surface area contributed by atoms with E-state index in [2.05, 4.69) is 10.6 Å². The zero-order valence-electron chi connectivity index (χ0n) is 13.1. The van der Waals surface area contributed by atoms with E-state index < -0.39 is 0 Å². The third kappa shape index (κ3) is 5.92. The quantitative estimate of drug-likeness (QED) is 0.689. The van der Waals surface area contributed by atoms with E-state index in [4.69, 9.17) is 32.7 Å². The lowest BCUT2D eigenvalue weighted by molar-refractivity contribution is -0.114. The molecule has 0 saturated carbocycles. The zero-order chi connectivity index (χ0) is 17.4. The summed E-state index contributed by atoms with van der Waals surface area (Å²) in [4.78, 5) is 12.0. The fraction of sp³-hybridized carbons (Fsp3) is 0.235. The number of halogens is 2. The van der Waals surface area contributed by atoms with Gasteiger partial charge in [-0.3, -0.25) is 4.79 Å². The molecular weight excluding hydrogens is 351 g/mol. The summed E-state index contributed by atoms with van der Waals surface area (Å²) in [6, 6.07) is 12.2. The van der Waals surface area contributed by atoms with Gasteiger partial charge in [0.05, 0.1) is 23.9 Å². The van der Waals surface area contributed by atoms with Crippen LogP contribution in [0.15, 0.2) is 42.5 Å². The first kappa shape index (κ1) is 18.4. The molecule has 0 heterocycles. The number of carbonyl (C=O) groups excluding carboxylic acids is 1. The second-order valence-corrected chi connectivity index (χ2v) is 5.74. The van der Waals surface area contributed by atoms with E-state index in [1.807, 2.05) is 6.07 Å². The van der Waals surface area contributed by atoms with Crippen LogP contribution in [0.2, 0.25) is 10.0 Å². The molecule has 0 spiro atoms. The van der Waals surface area contributed by atoms with Crippen LogP contribution in [0.25, 0.3) is 0 Å². The minimum atomic E-state index is -0.199. The summed E-state index contributed by atoms with van der Waals surface area (Å²) in [5, 5.41) is 6.76. The Morgan fingerprint density at radius 2 is 1.96 bits per heavy atom. The molecule has 0 radical (unpaired) electrons. The third-order valence-electron chi connectivity index (χ3n) is 3.04. The van der Waals surface area contributed by atoms with Crippen LogP contribution in [0.1, 0.15) is 0 Å². The molecule has 2 rings (SSSR count). The Kier molecular flexibility index (Phi) is 7.18. The highest BCUT2D eigenvalue weighted by atomic mass is 35.5. The van der Waals surface area contributed by atoms with Crippen molar-refractivity contribution in [1.82, 2.24) is 0 Å². The second-order valence-electron chi connectivity index (χ2n) is 4.89. The van der Waals surface area contributed by atoms with Gasteiger partial charge in [-0.25, -0.2) is 0 Å². The zero-order valence-corrected chi connectivity index (χ0v) is 14.7. The van der Waals surface area contributed by atoms with E-state index in [1.165, 1.54) is 0 Å². The number of hydrogen-bond acceptors (Lipinski definition) is 4. The number of amides is 1. The third-order valence-corrected chi connectivity index (χ3v) is 3.59. The topological polar surface area (TPSA) is 59.6 Å². The van der Waals surface area contributed by atoms with Gasteiger partial charge >= 0.3 is 0 Å². The summed E-state index contributed by atoms with van der Waals surface area (Å²) in [5.41, 5.74) is 1.30. The molecule has 0 bridgehead atoms. The molecule has 1 amide bonds. The van der Waals surface area contributed by atoms with Crippen molar-refractivity contribution in [2.45, 2.75) is 0 Å². The Balaban J connectivity index is 1.86. The van der Waals surface area contributed by atoms with E-state index in [0.29, 0.717) is 40.4 Å². The van der Waals surface area contributed by atoms with Gasteiger partial charge < -0.3 is 20.1 Å². The predicted molar refractivity (Wildman–Crippen MR) is 97.4 cm³/mol. The molecule has 0 aliphatic carbocycles. The van der Waals surface area contributed by atoms with E-state index in [-0.39, 0.29) is 12.5 Å². The molecule has 0 aliphatic rings. The average Bonchev–Trinajstić information content (AvgIpc) is 2.55. The van der Waals surface area contributed by atoms with Gasteiger partial charge in [0.25, 0.3) is 0 Å². The Morgan fingerprint density at radius 1 is 1.12 bits per heavy atom. The highest BCUT2D eigenvalue weighted by Gasteiger charge is 2.06. The summed E-state index contributed by atoms with van der Waals surface area (Å²) < 4.78 is 10.4. The first-order valence-corrected chi connectivity index (χ1v) is 8.04. The Labute approximate surface area is 150 Å². The maximum Gasteiger partial charge on any atom is 0.243 e. The number of anilines is 2. The van der Waals surface area contributed by atoms with Crippen LogP contribution in [0.3, 0.4) is 0 Å². The SMILES string of the molecule is COCCOc1cccc(NC(=O)CNc2ccc(Cl)cc2Cl)c1. The van der Waals surface area contributed by atoms with Crippen molar-refractivity contribution in [3.8, 4) is 5.75 Å². The van der Waals surface area contributed by atoms with Crippen LogP contribution < -0.4 is 15.4 Å². The lowest BCUT2D eigenvalue weighted by Crippen LogP contribution is -2.21. The lowest BCUT2D eigenvalue weighted by Gasteiger charge is -2.11. The molecule has 128 valence electrons. The van der Waals surface area contributed by atoms with Crippen molar-refractivity contribution in [3.05, 3.63) is 52.5 Å². The monoisotopic (exact) mass is 368 g/mol.